The van der Waals surface area contributed by atoms with Gasteiger partial charge in [-0.25, -0.2) is 0 Å². The second-order valence-corrected chi connectivity index (χ2v) is 11.1. The number of benzene rings is 4. The van der Waals surface area contributed by atoms with Gasteiger partial charge in [0.2, 0.25) is 0 Å². The molecule has 0 atom stereocenters. The summed E-state index contributed by atoms with van der Waals surface area (Å²) in [5, 5.41) is 10.8. The lowest BCUT2D eigenvalue weighted by atomic mass is 9.97. The van der Waals surface area contributed by atoms with Gasteiger partial charge in [-0.15, -0.1) is 22.8 Å². The monoisotopic (exact) mass is 618 g/mol. The highest BCUT2D eigenvalue weighted by Crippen LogP contribution is 2.40. The number of carbonyl (C=O) groups excluding carboxylic acids is 2. The van der Waals surface area contributed by atoms with E-state index in [4.69, 9.17) is 43.8 Å². The predicted octanol–water partition coefficient (Wildman–Crippen LogP) is 11.2. The quantitative estimate of drug-likeness (QED) is 0.213. The molecule has 4 aromatic carbocycles. The molecule has 44 heavy (non-hydrogen) atoms. The molecule has 6 nitrogen and oxygen atoms in total. The van der Waals surface area contributed by atoms with Crippen LogP contribution in [0.2, 0.25) is 10.0 Å². The highest BCUT2D eigenvalue weighted by molar-refractivity contribution is 6.32. The van der Waals surface area contributed by atoms with E-state index in [1.165, 1.54) is 0 Å². The van der Waals surface area contributed by atoms with Crippen molar-refractivity contribution in [1.82, 2.24) is 0 Å². The Kier molecular flexibility index (Phi) is 9.23. The molecule has 1 aliphatic heterocycles. The number of rotatable bonds is 4. The molecule has 0 bridgehead atoms. The summed E-state index contributed by atoms with van der Waals surface area (Å²) in [7, 11) is 0. The minimum absolute atomic E-state index is 0.241. The Morgan fingerprint density at radius 2 is 0.864 bits per heavy atom. The zero-order valence-corrected chi connectivity index (χ0v) is 26.1. The number of para-hydroxylation sites is 4. The van der Waals surface area contributed by atoms with Gasteiger partial charge >= 0.3 is 0 Å². The van der Waals surface area contributed by atoms with Gasteiger partial charge in [-0.2, -0.15) is 0 Å². The third kappa shape index (κ3) is 6.72. The summed E-state index contributed by atoms with van der Waals surface area (Å²) in [6.07, 6.45) is 0. The maximum atomic E-state index is 13.9. The third-order valence-electron chi connectivity index (χ3n) is 7.03. The van der Waals surface area contributed by atoms with Crippen molar-refractivity contribution in [2.75, 3.05) is 0 Å². The highest BCUT2D eigenvalue weighted by atomic mass is 35.5. The number of allylic oxidation sites excluding steroid dienone is 4. The molecule has 0 aromatic heterocycles. The van der Waals surface area contributed by atoms with Crippen molar-refractivity contribution in [3.05, 3.63) is 151 Å². The van der Waals surface area contributed by atoms with Crippen LogP contribution in [0, 0.1) is 0 Å². The molecule has 220 valence electrons. The van der Waals surface area contributed by atoms with Gasteiger partial charge in [0.05, 0.1) is 0 Å². The van der Waals surface area contributed by atoms with Crippen LogP contribution in [0.5, 0.6) is 0 Å². The summed E-state index contributed by atoms with van der Waals surface area (Å²) >= 11 is 12.2. The van der Waals surface area contributed by atoms with Crippen molar-refractivity contribution in [2.45, 2.75) is 27.7 Å². The molecule has 0 saturated heterocycles. The van der Waals surface area contributed by atoms with Crippen LogP contribution in [0.4, 0.5) is 22.7 Å². The van der Waals surface area contributed by atoms with Gasteiger partial charge in [-0.3, -0.25) is 19.6 Å². The number of ketones is 2. The van der Waals surface area contributed by atoms with E-state index in [9.17, 15) is 9.59 Å². The van der Waals surface area contributed by atoms with Crippen LogP contribution in [0.25, 0.3) is 10.6 Å². The van der Waals surface area contributed by atoms with Crippen LogP contribution < -0.4 is 0 Å². The number of hydrogen-bond acceptors (Lipinski definition) is 4. The number of aliphatic imine (C=N–C) groups is 2. The zero-order chi connectivity index (χ0) is 31.4. The van der Waals surface area contributed by atoms with Gasteiger partial charge in [-0.1, -0.05) is 73.4 Å². The SMILES string of the molecule is CC1=Nc2ccccc2[N-]/C(C)=C(/C(=O)c2ccc(Cl)cc2)C(C)=Nc2ccccc2[N-]/C(C)=C\1C(=O)c1ccc(Cl)cc1. The van der Waals surface area contributed by atoms with E-state index in [-0.39, 0.29) is 11.6 Å². The molecule has 0 saturated carbocycles. The minimum atomic E-state index is -0.241. The molecule has 0 N–H and O–H groups in total. The Labute approximate surface area is 266 Å². The first-order valence-corrected chi connectivity index (χ1v) is 14.6. The first kappa shape index (κ1) is 30.7. The van der Waals surface area contributed by atoms with Crippen molar-refractivity contribution < 1.29 is 9.59 Å². The first-order valence-electron chi connectivity index (χ1n) is 13.9. The first-order chi connectivity index (χ1) is 21.1. The number of Topliss-reactive ketones (excluding diaryl/α,β-unsaturated/α-hetero) is 2. The summed E-state index contributed by atoms with van der Waals surface area (Å²) < 4.78 is 0. The fourth-order valence-electron chi connectivity index (χ4n) is 4.92. The van der Waals surface area contributed by atoms with E-state index < -0.39 is 0 Å². The van der Waals surface area contributed by atoms with Crippen molar-refractivity contribution in [2.24, 2.45) is 9.98 Å². The molecule has 1 aliphatic rings. The molecule has 0 fully saturated rings. The van der Waals surface area contributed by atoms with Crippen LogP contribution in [0.1, 0.15) is 48.4 Å². The molecular weight excluding hydrogens is 591 g/mol. The lowest BCUT2D eigenvalue weighted by Gasteiger charge is -2.30. The molecular formula is C36H28Cl2N4O2-2. The fourth-order valence-corrected chi connectivity index (χ4v) is 5.18. The van der Waals surface area contributed by atoms with E-state index in [2.05, 4.69) is 0 Å². The van der Waals surface area contributed by atoms with E-state index in [0.717, 1.165) is 0 Å². The van der Waals surface area contributed by atoms with Gasteiger partial charge in [0.15, 0.2) is 11.6 Å². The molecule has 5 rings (SSSR count). The highest BCUT2D eigenvalue weighted by Gasteiger charge is 2.18. The Hall–Kier alpha value is -4.78. The van der Waals surface area contributed by atoms with Crippen LogP contribution in [-0.2, 0) is 0 Å². The topological polar surface area (TPSA) is 87.1 Å². The van der Waals surface area contributed by atoms with E-state index in [1.807, 2.05) is 48.5 Å². The van der Waals surface area contributed by atoms with Crippen molar-refractivity contribution in [3.8, 4) is 0 Å². The maximum Gasteiger partial charge on any atom is 0.193 e. The number of carbonyl (C=O) groups is 2. The van der Waals surface area contributed by atoms with Crippen LogP contribution in [-0.4, -0.2) is 23.0 Å². The number of nitrogens with zero attached hydrogens (tertiary/aromatic N) is 4. The van der Waals surface area contributed by atoms with E-state index in [1.54, 1.807) is 76.2 Å². The van der Waals surface area contributed by atoms with E-state index in [0.29, 0.717) is 77.9 Å². The van der Waals surface area contributed by atoms with Gasteiger partial charge in [0.1, 0.15) is 0 Å². The Balaban J connectivity index is 1.73. The van der Waals surface area contributed by atoms with Crippen molar-refractivity contribution in [3.63, 3.8) is 0 Å². The molecule has 8 heteroatoms. The number of hydrogen-bond donors (Lipinski definition) is 0. The maximum absolute atomic E-state index is 13.9. The number of fused-ring (bicyclic) bond motifs is 2. The standard InChI is InChI=1S/C36H30Cl2N4O2/c1-21-33(35(43)25-13-17-27(37)18-14-25)22(2)40-31-11-7-8-12-32(31)42-24(4)34(36(44)26-15-19-28(38)20-16-26)23(3)41-30-10-6-5-9-29(30)39-21/h5-20H,1-4H3,(H2,39,40,41,42,43,44)/p-2. The Bertz CT molecular complexity index is 1750. The predicted molar refractivity (Wildman–Crippen MR) is 181 cm³/mol. The Morgan fingerprint density at radius 3 is 1.23 bits per heavy atom. The van der Waals surface area contributed by atoms with Crippen molar-refractivity contribution in [1.29, 1.82) is 0 Å². The summed E-state index contributed by atoms with van der Waals surface area (Å²) in [6.45, 7) is 7.10. The molecule has 0 unspecified atom stereocenters. The molecule has 0 radical (unpaired) electrons. The molecule has 1 heterocycles. The average Bonchev–Trinajstić information content (AvgIpc) is 2.99. The largest absolute Gasteiger partial charge is 0.659 e. The summed E-state index contributed by atoms with van der Waals surface area (Å²) in [4.78, 5) is 37.6. The lowest BCUT2D eigenvalue weighted by Crippen LogP contribution is -2.14. The summed E-state index contributed by atoms with van der Waals surface area (Å²) in [5.74, 6) is -0.482. The second kappa shape index (κ2) is 13.2. The van der Waals surface area contributed by atoms with Gasteiger partial charge < -0.3 is 10.6 Å². The number of halogens is 2. The summed E-state index contributed by atoms with van der Waals surface area (Å²) in [6, 6.07) is 28.1. The lowest BCUT2D eigenvalue weighted by molar-refractivity contribution is 0.103. The second-order valence-electron chi connectivity index (χ2n) is 10.2. The van der Waals surface area contributed by atoms with Gasteiger partial charge in [-0.05, 0) is 74.5 Å². The fraction of sp³-hybridized carbons (Fsp3) is 0.111. The van der Waals surface area contributed by atoms with Gasteiger partial charge in [0.25, 0.3) is 0 Å². The van der Waals surface area contributed by atoms with Crippen LogP contribution in [0.15, 0.2) is 130 Å². The van der Waals surface area contributed by atoms with Crippen molar-refractivity contribution >= 4 is 68.9 Å². The van der Waals surface area contributed by atoms with Crippen LogP contribution >= 0.6 is 23.2 Å². The molecule has 0 aliphatic carbocycles. The van der Waals surface area contributed by atoms with Gasteiger partial charge in [0, 0.05) is 55.1 Å². The van der Waals surface area contributed by atoms with Crippen LogP contribution in [0.3, 0.4) is 0 Å². The normalized spacial score (nSPS) is 17.1. The third-order valence-corrected chi connectivity index (χ3v) is 7.53. The van der Waals surface area contributed by atoms with E-state index >= 15 is 0 Å². The zero-order valence-electron chi connectivity index (χ0n) is 24.6. The summed E-state index contributed by atoms with van der Waals surface area (Å²) in [5.41, 5.74) is 5.58. The minimum Gasteiger partial charge on any atom is -0.659 e. The molecule has 4 aromatic rings. The average molecular weight is 620 g/mol. The molecule has 0 amide bonds. The molecule has 0 spiro atoms. The smallest absolute Gasteiger partial charge is 0.193 e. The Morgan fingerprint density at radius 1 is 0.523 bits per heavy atom.